The summed E-state index contributed by atoms with van der Waals surface area (Å²) in [7, 11) is 3.04. The maximum absolute atomic E-state index is 5.33. The molecule has 0 aliphatic carbocycles. The Bertz CT molecular complexity index is 104. The minimum Gasteiger partial charge on any atom is -0.353 e. The van der Waals surface area contributed by atoms with E-state index in [-0.39, 0.29) is 6.29 Å². The van der Waals surface area contributed by atoms with Crippen LogP contribution in [0, 0.1) is 0 Å². The number of rotatable bonds is 8. The molecule has 80 valence electrons. The van der Waals surface area contributed by atoms with Crippen molar-refractivity contribution in [2.75, 3.05) is 20.8 Å². The summed E-state index contributed by atoms with van der Waals surface area (Å²) in [5.41, 5.74) is 0. The van der Waals surface area contributed by atoms with E-state index in [1.807, 2.05) is 6.92 Å². The topological polar surface area (TPSA) is 36.9 Å². The van der Waals surface area contributed by atoms with Gasteiger partial charge in [-0.2, -0.15) is 0 Å². The Morgan fingerprint density at radius 3 is 2.23 bits per heavy atom. The van der Waals surface area contributed by atoms with E-state index in [1.54, 1.807) is 0 Å². The Morgan fingerprint density at radius 2 is 1.77 bits per heavy atom. The average molecular weight is 192 g/mol. The van der Waals surface area contributed by atoms with Gasteiger partial charge in [-0.25, -0.2) is 0 Å². The molecule has 0 aromatic carbocycles. The molecule has 4 nitrogen and oxygen atoms in total. The molecule has 4 heteroatoms. The van der Waals surface area contributed by atoms with Crippen molar-refractivity contribution in [1.82, 2.24) is 0 Å². The lowest BCUT2D eigenvalue weighted by Crippen LogP contribution is -2.25. The predicted molar refractivity (Wildman–Crippen MR) is 49.2 cm³/mol. The maximum atomic E-state index is 5.33. The first-order valence-corrected chi connectivity index (χ1v) is 4.57. The quantitative estimate of drug-likeness (QED) is 0.433. The van der Waals surface area contributed by atoms with Crippen molar-refractivity contribution >= 4 is 0 Å². The van der Waals surface area contributed by atoms with Gasteiger partial charge in [0.2, 0.25) is 0 Å². The van der Waals surface area contributed by atoms with Gasteiger partial charge in [-0.1, -0.05) is 13.3 Å². The van der Waals surface area contributed by atoms with Crippen LogP contribution in [-0.2, 0) is 18.9 Å². The molecule has 1 unspecified atom stereocenters. The van der Waals surface area contributed by atoms with Gasteiger partial charge in [0.05, 0.1) is 0 Å². The molecule has 0 bridgehead atoms. The second kappa shape index (κ2) is 8.44. The van der Waals surface area contributed by atoms with E-state index < -0.39 is 6.48 Å². The lowest BCUT2D eigenvalue weighted by molar-refractivity contribution is -0.321. The summed E-state index contributed by atoms with van der Waals surface area (Å²) in [6, 6.07) is 0. The van der Waals surface area contributed by atoms with Crippen LogP contribution in [0.2, 0.25) is 0 Å². The molecule has 0 N–H and O–H groups in total. The van der Waals surface area contributed by atoms with Gasteiger partial charge < -0.3 is 18.9 Å². The van der Waals surface area contributed by atoms with Crippen molar-refractivity contribution in [3.63, 3.8) is 0 Å². The molecule has 0 fully saturated rings. The highest BCUT2D eigenvalue weighted by Crippen LogP contribution is 2.02. The van der Waals surface area contributed by atoms with Crippen LogP contribution >= 0.6 is 0 Å². The predicted octanol–water partition coefficient (Wildman–Crippen LogP) is 1.74. The molecule has 0 aromatic rings. The minimum absolute atomic E-state index is 0.295. The zero-order valence-corrected chi connectivity index (χ0v) is 8.91. The summed E-state index contributed by atoms with van der Waals surface area (Å²) < 4.78 is 20.3. The lowest BCUT2D eigenvalue weighted by atomic mass is 10.4. The maximum Gasteiger partial charge on any atom is 0.273 e. The second-order valence-electron chi connectivity index (χ2n) is 2.69. The van der Waals surface area contributed by atoms with E-state index in [0.29, 0.717) is 6.61 Å². The van der Waals surface area contributed by atoms with E-state index >= 15 is 0 Å². The first-order chi connectivity index (χ1) is 6.24. The van der Waals surface area contributed by atoms with E-state index in [1.165, 1.54) is 14.2 Å². The standard InChI is InChI=1S/C9H20O4/c1-5-6-7-12-8(2)13-9(10-3)11-4/h8-9H,5-7H2,1-4H3. The first kappa shape index (κ1) is 12.8. The smallest absolute Gasteiger partial charge is 0.273 e. The van der Waals surface area contributed by atoms with Gasteiger partial charge in [-0.15, -0.1) is 0 Å². The van der Waals surface area contributed by atoms with Gasteiger partial charge in [-0.3, -0.25) is 0 Å². The molecule has 0 aromatic heterocycles. The molecule has 0 saturated carbocycles. The normalized spacial score (nSPS) is 13.6. The van der Waals surface area contributed by atoms with Gasteiger partial charge in [0, 0.05) is 20.8 Å². The van der Waals surface area contributed by atoms with Crippen LogP contribution in [0.4, 0.5) is 0 Å². The summed E-state index contributed by atoms with van der Waals surface area (Å²) in [4.78, 5) is 0. The van der Waals surface area contributed by atoms with Gasteiger partial charge in [0.15, 0.2) is 6.29 Å². The molecule has 0 heterocycles. The van der Waals surface area contributed by atoms with Gasteiger partial charge >= 0.3 is 0 Å². The summed E-state index contributed by atoms with van der Waals surface area (Å²) in [6.45, 7) is 4.00. The summed E-state index contributed by atoms with van der Waals surface area (Å²) >= 11 is 0. The van der Waals surface area contributed by atoms with Crippen molar-refractivity contribution in [3.05, 3.63) is 0 Å². The van der Waals surface area contributed by atoms with Crippen molar-refractivity contribution in [1.29, 1.82) is 0 Å². The molecule has 0 aliphatic heterocycles. The van der Waals surface area contributed by atoms with E-state index in [2.05, 4.69) is 6.92 Å². The van der Waals surface area contributed by atoms with E-state index in [9.17, 15) is 0 Å². The monoisotopic (exact) mass is 192 g/mol. The third-order valence-corrected chi connectivity index (χ3v) is 1.54. The Labute approximate surface area is 80.1 Å². The van der Waals surface area contributed by atoms with Crippen LogP contribution in [0.25, 0.3) is 0 Å². The third kappa shape index (κ3) is 6.95. The van der Waals surface area contributed by atoms with Crippen molar-refractivity contribution in [3.8, 4) is 0 Å². The van der Waals surface area contributed by atoms with Gasteiger partial charge in [0.1, 0.15) is 0 Å². The van der Waals surface area contributed by atoms with Crippen LogP contribution in [0.15, 0.2) is 0 Å². The largest absolute Gasteiger partial charge is 0.353 e. The lowest BCUT2D eigenvalue weighted by Gasteiger charge is -2.19. The number of methoxy groups -OCH3 is 2. The fourth-order valence-corrected chi connectivity index (χ4v) is 0.797. The highest BCUT2D eigenvalue weighted by molar-refractivity contribution is 4.35. The summed E-state index contributed by atoms with van der Waals surface area (Å²) in [6.07, 6.45) is 1.86. The minimum atomic E-state index is -0.642. The molecule has 0 radical (unpaired) electrons. The van der Waals surface area contributed by atoms with Gasteiger partial charge in [0.25, 0.3) is 6.48 Å². The molecule has 0 aliphatic rings. The Morgan fingerprint density at radius 1 is 1.15 bits per heavy atom. The third-order valence-electron chi connectivity index (χ3n) is 1.54. The van der Waals surface area contributed by atoms with Crippen LogP contribution < -0.4 is 0 Å². The SMILES string of the molecule is CCCCOC(C)OC(OC)OC. The van der Waals surface area contributed by atoms with Crippen molar-refractivity contribution in [2.24, 2.45) is 0 Å². The van der Waals surface area contributed by atoms with Crippen LogP contribution in [0.1, 0.15) is 26.7 Å². The second-order valence-corrected chi connectivity index (χ2v) is 2.69. The molecular weight excluding hydrogens is 172 g/mol. The molecule has 0 saturated heterocycles. The Balaban J connectivity index is 3.42. The molecular formula is C9H20O4. The number of hydrogen-bond acceptors (Lipinski definition) is 4. The number of ether oxygens (including phenoxy) is 4. The summed E-state index contributed by atoms with van der Waals surface area (Å²) in [5, 5.41) is 0. The molecule has 13 heavy (non-hydrogen) atoms. The Kier molecular flexibility index (Phi) is 8.33. The first-order valence-electron chi connectivity index (χ1n) is 4.57. The zero-order chi connectivity index (χ0) is 10.1. The van der Waals surface area contributed by atoms with Crippen molar-refractivity contribution in [2.45, 2.75) is 39.5 Å². The van der Waals surface area contributed by atoms with Gasteiger partial charge in [-0.05, 0) is 13.3 Å². The average Bonchev–Trinajstić information content (AvgIpc) is 2.14. The number of hydrogen-bond donors (Lipinski definition) is 0. The highest BCUT2D eigenvalue weighted by Gasteiger charge is 2.10. The molecule has 0 spiro atoms. The molecule has 0 rings (SSSR count). The van der Waals surface area contributed by atoms with Crippen molar-refractivity contribution < 1.29 is 18.9 Å². The van der Waals surface area contributed by atoms with Crippen LogP contribution in [0.3, 0.4) is 0 Å². The fourth-order valence-electron chi connectivity index (χ4n) is 0.797. The zero-order valence-electron chi connectivity index (χ0n) is 8.91. The Hall–Kier alpha value is -0.160. The summed E-state index contributed by atoms with van der Waals surface area (Å²) in [5.74, 6) is 0. The van der Waals surface area contributed by atoms with E-state index in [0.717, 1.165) is 12.8 Å². The van der Waals surface area contributed by atoms with Crippen LogP contribution in [0.5, 0.6) is 0 Å². The van der Waals surface area contributed by atoms with Crippen LogP contribution in [-0.4, -0.2) is 33.6 Å². The van der Waals surface area contributed by atoms with E-state index in [4.69, 9.17) is 18.9 Å². The number of unbranched alkanes of at least 4 members (excludes halogenated alkanes) is 1. The molecule has 1 atom stereocenters. The fraction of sp³-hybridized carbons (Fsp3) is 1.00. The molecule has 0 amide bonds. The highest BCUT2D eigenvalue weighted by atomic mass is 16.9.